The molecule has 2 unspecified atom stereocenters. The Labute approximate surface area is 120 Å². The SMILES string of the molecule is N#CC1(c2ccccc2)OC(=O)OC1c1ccc(F)cc1. The second kappa shape index (κ2) is 4.91. The topological polar surface area (TPSA) is 59.3 Å². The summed E-state index contributed by atoms with van der Waals surface area (Å²) < 4.78 is 23.4. The molecule has 0 spiro atoms. The molecule has 0 radical (unpaired) electrons. The number of cyclic esters (lactones) is 2. The van der Waals surface area contributed by atoms with Crippen LogP contribution in [0.15, 0.2) is 54.6 Å². The molecule has 3 rings (SSSR count). The van der Waals surface area contributed by atoms with E-state index in [2.05, 4.69) is 0 Å². The third-order valence-corrected chi connectivity index (χ3v) is 3.37. The maximum atomic E-state index is 13.0. The summed E-state index contributed by atoms with van der Waals surface area (Å²) in [6.07, 6.45) is -1.87. The van der Waals surface area contributed by atoms with E-state index in [1.54, 1.807) is 30.3 Å². The number of halogens is 1. The number of nitriles is 1. The van der Waals surface area contributed by atoms with Crippen LogP contribution >= 0.6 is 0 Å². The van der Waals surface area contributed by atoms with Crippen LogP contribution in [0.25, 0.3) is 0 Å². The van der Waals surface area contributed by atoms with E-state index in [0.29, 0.717) is 11.1 Å². The van der Waals surface area contributed by atoms with Gasteiger partial charge >= 0.3 is 6.16 Å². The normalized spacial score (nSPS) is 24.0. The van der Waals surface area contributed by atoms with Crippen molar-refractivity contribution < 1.29 is 18.7 Å². The largest absolute Gasteiger partial charge is 0.511 e. The molecule has 5 heteroatoms. The zero-order chi connectivity index (χ0) is 14.9. The molecule has 1 fully saturated rings. The second-order valence-corrected chi connectivity index (χ2v) is 4.61. The van der Waals surface area contributed by atoms with E-state index >= 15 is 0 Å². The molecule has 2 atom stereocenters. The van der Waals surface area contributed by atoms with Gasteiger partial charge in [-0.15, -0.1) is 0 Å². The molecular formula is C16H10FNO3. The Hall–Kier alpha value is -2.87. The van der Waals surface area contributed by atoms with Crippen molar-refractivity contribution in [2.24, 2.45) is 0 Å². The first-order chi connectivity index (χ1) is 10.2. The van der Waals surface area contributed by atoms with E-state index in [-0.39, 0.29) is 0 Å². The third kappa shape index (κ3) is 2.11. The van der Waals surface area contributed by atoms with Gasteiger partial charge in [-0.2, -0.15) is 5.26 Å². The van der Waals surface area contributed by atoms with Crippen molar-refractivity contribution in [1.82, 2.24) is 0 Å². The minimum atomic E-state index is -1.57. The van der Waals surface area contributed by atoms with Gasteiger partial charge < -0.3 is 9.47 Å². The van der Waals surface area contributed by atoms with Gasteiger partial charge in [-0.3, -0.25) is 0 Å². The van der Waals surface area contributed by atoms with Crippen molar-refractivity contribution in [1.29, 1.82) is 5.26 Å². The number of ether oxygens (including phenoxy) is 2. The summed E-state index contributed by atoms with van der Waals surface area (Å²) >= 11 is 0. The van der Waals surface area contributed by atoms with Gasteiger partial charge in [0.25, 0.3) is 5.60 Å². The number of carbonyl (C=O) groups is 1. The lowest BCUT2D eigenvalue weighted by Crippen LogP contribution is -2.30. The van der Waals surface area contributed by atoms with Crippen LogP contribution in [-0.2, 0) is 15.1 Å². The Balaban J connectivity index is 2.12. The van der Waals surface area contributed by atoms with Crippen LogP contribution in [0, 0.1) is 17.1 Å². The van der Waals surface area contributed by atoms with E-state index < -0.39 is 23.7 Å². The summed E-state index contributed by atoms with van der Waals surface area (Å²) in [6, 6.07) is 16.1. The van der Waals surface area contributed by atoms with Crippen molar-refractivity contribution in [2.75, 3.05) is 0 Å². The smallest absolute Gasteiger partial charge is 0.420 e. The van der Waals surface area contributed by atoms with Crippen LogP contribution in [0.5, 0.6) is 0 Å². The first-order valence-electron chi connectivity index (χ1n) is 6.27. The molecule has 0 saturated carbocycles. The molecule has 1 aliphatic rings. The van der Waals surface area contributed by atoms with Gasteiger partial charge in [0, 0.05) is 5.56 Å². The zero-order valence-electron chi connectivity index (χ0n) is 10.8. The molecule has 1 heterocycles. The Morgan fingerprint density at radius 2 is 1.76 bits per heavy atom. The molecule has 0 amide bonds. The van der Waals surface area contributed by atoms with Gasteiger partial charge in [0.15, 0.2) is 6.10 Å². The maximum absolute atomic E-state index is 13.0. The predicted octanol–water partition coefficient (Wildman–Crippen LogP) is 3.45. The predicted molar refractivity (Wildman–Crippen MR) is 70.4 cm³/mol. The van der Waals surface area contributed by atoms with E-state index in [4.69, 9.17) is 9.47 Å². The van der Waals surface area contributed by atoms with Gasteiger partial charge in [0.2, 0.25) is 0 Å². The van der Waals surface area contributed by atoms with Crippen LogP contribution in [0.3, 0.4) is 0 Å². The molecule has 1 aliphatic heterocycles. The molecule has 4 nitrogen and oxygen atoms in total. The van der Waals surface area contributed by atoms with Gasteiger partial charge in [-0.25, -0.2) is 9.18 Å². The van der Waals surface area contributed by atoms with Crippen molar-refractivity contribution in [3.05, 3.63) is 71.5 Å². The Morgan fingerprint density at radius 1 is 1.10 bits per heavy atom. The minimum Gasteiger partial charge on any atom is -0.420 e. The first kappa shape index (κ1) is 13.1. The molecular weight excluding hydrogens is 273 g/mol. The van der Waals surface area contributed by atoms with Crippen LogP contribution in [0.1, 0.15) is 17.2 Å². The highest BCUT2D eigenvalue weighted by atomic mass is 19.1. The second-order valence-electron chi connectivity index (χ2n) is 4.61. The van der Waals surface area contributed by atoms with Crippen molar-refractivity contribution in [3.63, 3.8) is 0 Å². The number of benzene rings is 2. The van der Waals surface area contributed by atoms with Crippen molar-refractivity contribution in [3.8, 4) is 6.07 Å². The molecule has 2 aromatic rings. The third-order valence-electron chi connectivity index (χ3n) is 3.37. The zero-order valence-corrected chi connectivity index (χ0v) is 10.8. The number of hydrogen-bond donors (Lipinski definition) is 0. The summed E-state index contributed by atoms with van der Waals surface area (Å²) in [7, 11) is 0. The van der Waals surface area contributed by atoms with Crippen LogP contribution < -0.4 is 0 Å². The van der Waals surface area contributed by atoms with Crippen molar-refractivity contribution >= 4 is 6.16 Å². The first-order valence-corrected chi connectivity index (χ1v) is 6.27. The van der Waals surface area contributed by atoms with E-state index in [1.807, 2.05) is 6.07 Å². The summed E-state index contributed by atoms with van der Waals surface area (Å²) in [5, 5.41) is 9.59. The molecule has 1 saturated heterocycles. The molecule has 2 aromatic carbocycles. The van der Waals surface area contributed by atoms with Gasteiger partial charge in [0.1, 0.15) is 11.9 Å². The summed E-state index contributed by atoms with van der Waals surface area (Å²) in [5.74, 6) is -0.411. The minimum absolute atomic E-state index is 0.411. The van der Waals surface area contributed by atoms with E-state index in [1.165, 1.54) is 24.3 Å². The Bertz CT molecular complexity index is 709. The Morgan fingerprint density at radius 3 is 2.38 bits per heavy atom. The van der Waals surface area contributed by atoms with Gasteiger partial charge in [0.05, 0.1) is 0 Å². The fourth-order valence-electron chi connectivity index (χ4n) is 2.37. The fraction of sp³-hybridized carbons (Fsp3) is 0.125. The fourth-order valence-corrected chi connectivity index (χ4v) is 2.37. The lowest BCUT2D eigenvalue weighted by Gasteiger charge is -2.24. The van der Waals surface area contributed by atoms with Crippen molar-refractivity contribution in [2.45, 2.75) is 11.7 Å². The molecule has 0 bridgehead atoms. The lowest BCUT2D eigenvalue weighted by molar-refractivity contribution is 0.0788. The highest BCUT2D eigenvalue weighted by Gasteiger charge is 2.54. The average Bonchev–Trinajstić information content (AvgIpc) is 2.87. The number of rotatable bonds is 2. The maximum Gasteiger partial charge on any atom is 0.511 e. The number of carbonyl (C=O) groups excluding carboxylic acids is 1. The number of hydrogen-bond acceptors (Lipinski definition) is 4. The van der Waals surface area contributed by atoms with Crippen LogP contribution in [0.2, 0.25) is 0 Å². The number of nitrogens with zero attached hydrogens (tertiary/aromatic N) is 1. The highest BCUT2D eigenvalue weighted by Crippen LogP contribution is 2.45. The standard InChI is InChI=1S/C16H10FNO3/c17-13-8-6-11(7-9-13)14-16(10-18,21-15(19)20-14)12-4-2-1-3-5-12/h1-9,14H. The van der Waals surface area contributed by atoms with E-state index in [9.17, 15) is 14.4 Å². The summed E-state index contributed by atoms with van der Waals surface area (Å²) in [5.41, 5.74) is -0.573. The monoisotopic (exact) mass is 283 g/mol. The summed E-state index contributed by atoms with van der Waals surface area (Å²) in [4.78, 5) is 11.6. The summed E-state index contributed by atoms with van der Waals surface area (Å²) in [6.45, 7) is 0. The molecule has 0 N–H and O–H groups in total. The van der Waals surface area contributed by atoms with E-state index in [0.717, 1.165) is 0 Å². The highest BCUT2D eigenvalue weighted by molar-refractivity contribution is 5.66. The molecule has 0 aromatic heterocycles. The molecule has 104 valence electrons. The molecule has 0 aliphatic carbocycles. The van der Waals surface area contributed by atoms with Gasteiger partial charge in [-0.05, 0) is 17.7 Å². The van der Waals surface area contributed by atoms with Gasteiger partial charge in [-0.1, -0.05) is 42.5 Å². The quantitative estimate of drug-likeness (QED) is 0.792. The van der Waals surface area contributed by atoms with Crippen LogP contribution in [0.4, 0.5) is 9.18 Å². The average molecular weight is 283 g/mol. The van der Waals surface area contributed by atoms with Crippen LogP contribution in [-0.4, -0.2) is 6.16 Å². The Kier molecular flexibility index (Phi) is 3.07. The molecule has 21 heavy (non-hydrogen) atoms. The lowest BCUT2D eigenvalue weighted by atomic mass is 9.86.